The number of hydrogen-bond acceptors (Lipinski definition) is 3. The third-order valence-corrected chi connectivity index (χ3v) is 6.63. The summed E-state index contributed by atoms with van der Waals surface area (Å²) in [6.45, 7) is 7.78. The molecule has 0 amide bonds. The molecule has 3 unspecified atom stereocenters. The Kier molecular flexibility index (Phi) is 8.88. The maximum atomic E-state index is 11.6. The van der Waals surface area contributed by atoms with Gasteiger partial charge < -0.3 is 5.32 Å². The van der Waals surface area contributed by atoms with E-state index in [0.717, 1.165) is 31.7 Å². The average Bonchev–Trinajstić information content (AvgIpc) is 2.79. The van der Waals surface area contributed by atoms with Crippen LogP contribution in [0.4, 0.5) is 0 Å². The van der Waals surface area contributed by atoms with E-state index in [4.69, 9.17) is 0 Å². The van der Waals surface area contributed by atoms with Gasteiger partial charge in [-0.05, 0) is 44.1 Å². The summed E-state index contributed by atoms with van der Waals surface area (Å²) >= 11 is 0. The van der Waals surface area contributed by atoms with Crippen LogP contribution < -0.4 is 5.32 Å². The minimum atomic E-state index is -2.74. The van der Waals surface area contributed by atoms with Crippen LogP contribution in [0, 0.1) is 11.8 Å². The summed E-state index contributed by atoms with van der Waals surface area (Å²) < 4.78 is 23.3. The summed E-state index contributed by atoms with van der Waals surface area (Å²) in [6, 6.07) is 0.505. The van der Waals surface area contributed by atoms with Gasteiger partial charge in [0.05, 0.1) is 11.5 Å². The SMILES string of the molecule is CCCCC(CC)CC(CC1CCS(=O)(=O)C1)NCCC. The first-order valence-electron chi connectivity index (χ1n) is 8.94. The Morgan fingerprint density at radius 2 is 1.95 bits per heavy atom. The van der Waals surface area contributed by atoms with Gasteiger partial charge in [0.15, 0.2) is 9.84 Å². The van der Waals surface area contributed by atoms with Crippen molar-refractivity contribution in [3.63, 3.8) is 0 Å². The van der Waals surface area contributed by atoms with E-state index in [1.807, 2.05) is 0 Å². The van der Waals surface area contributed by atoms with E-state index in [1.54, 1.807) is 0 Å². The zero-order valence-electron chi connectivity index (χ0n) is 14.2. The van der Waals surface area contributed by atoms with Crippen molar-refractivity contribution in [2.45, 2.75) is 78.2 Å². The molecule has 0 aromatic heterocycles. The van der Waals surface area contributed by atoms with Gasteiger partial charge in [-0.2, -0.15) is 0 Å². The molecule has 0 bridgehead atoms. The number of sulfone groups is 1. The second-order valence-corrected chi connectivity index (χ2v) is 9.04. The Morgan fingerprint density at radius 1 is 1.19 bits per heavy atom. The van der Waals surface area contributed by atoms with Gasteiger partial charge in [0.25, 0.3) is 0 Å². The highest BCUT2D eigenvalue weighted by molar-refractivity contribution is 7.91. The third kappa shape index (κ3) is 7.64. The fourth-order valence-electron chi connectivity index (χ4n) is 3.46. The van der Waals surface area contributed by atoms with Crippen molar-refractivity contribution >= 4 is 9.84 Å². The van der Waals surface area contributed by atoms with Crippen LogP contribution in [0.3, 0.4) is 0 Å². The molecule has 0 aliphatic carbocycles. The third-order valence-electron chi connectivity index (χ3n) is 4.79. The van der Waals surface area contributed by atoms with Gasteiger partial charge in [-0.15, -0.1) is 0 Å². The molecule has 0 radical (unpaired) electrons. The minimum absolute atomic E-state index is 0.382. The van der Waals surface area contributed by atoms with Gasteiger partial charge in [0, 0.05) is 6.04 Å². The highest BCUT2D eigenvalue weighted by Crippen LogP contribution is 2.27. The number of hydrogen-bond donors (Lipinski definition) is 1. The van der Waals surface area contributed by atoms with Crippen molar-refractivity contribution in [1.82, 2.24) is 5.32 Å². The largest absolute Gasteiger partial charge is 0.314 e. The molecule has 0 saturated carbocycles. The predicted octanol–water partition coefficient (Wildman–Crippen LogP) is 3.79. The molecule has 0 spiro atoms. The van der Waals surface area contributed by atoms with Crippen LogP contribution in [-0.4, -0.2) is 32.5 Å². The van der Waals surface area contributed by atoms with Crippen LogP contribution in [0.1, 0.15) is 72.1 Å². The van der Waals surface area contributed by atoms with Crippen LogP contribution >= 0.6 is 0 Å². The lowest BCUT2D eigenvalue weighted by atomic mass is 9.87. The molecular formula is C17H35NO2S. The predicted molar refractivity (Wildman–Crippen MR) is 91.4 cm³/mol. The molecule has 1 saturated heterocycles. The Labute approximate surface area is 132 Å². The van der Waals surface area contributed by atoms with E-state index in [9.17, 15) is 8.42 Å². The van der Waals surface area contributed by atoms with Crippen molar-refractivity contribution in [2.75, 3.05) is 18.1 Å². The minimum Gasteiger partial charge on any atom is -0.314 e. The number of rotatable bonds is 11. The lowest BCUT2D eigenvalue weighted by Crippen LogP contribution is -2.34. The molecule has 1 rings (SSSR count). The fourth-order valence-corrected chi connectivity index (χ4v) is 5.34. The summed E-state index contributed by atoms with van der Waals surface area (Å²) in [4.78, 5) is 0. The van der Waals surface area contributed by atoms with E-state index in [1.165, 1.54) is 32.1 Å². The van der Waals surface area contributed by atoms with Gasteiger partial charge in [-0.1, -0.05) is 46.5 Å². The highest BCUT2D eigenvalue weighted by atomic mass is 32.2. The van der Waals surface area contributed by atoms with Crippen molar-refractivity contribution in [3.8, 4) is 0 Å². The van der Waals surface area contributed by atoms with Crippen molar-refractivity contribution < 1.29 is 8.42 Å². The number of nitrogens with one attached hydrogen (secondary N) is 1. The maximum absolute atomic E-state index is 11.6. The van der Waals surface area contributed by atoms with Gasteiger partial charge in [-0.3, -0.25) is 0 Å². The molecule has 1 aliphatic rings. The first-order chi connectivity index (χ1) is 10.0. The Bertz CT molecular complexity index is 367. The molecule has 4 heteroatoms. The topological polar surface area (TPSA) is 46.2 Å². The lowest BCUT2D eigenvalue weighted by molar-refractivity contribution is 0.311. The zero-order valence-corrected chi connectivity index (χ0v) is 15.1. The summed E-state index contributed by atoms with van der Waals surface area (Å²) in [5.41, 5.74) is 0. The standard InChI is InChI=1S/C17H35NO2S/c1-4-7-8-15(6-3)12-17(18-10-5-2)13-16-9-11-21(19,20)14-16/h15-18H,4-14H2,1-3H3. The quantitative estimate of drug-likeness (QED) is 0.631. The van der Waals surface area contributed by atoms with Crippen LogP contribution in [0.25, 0.3) is 0 Å². The smallest absolute Gasteiger partial charge is 0.150 e. The molecule has 0 aromatic rings. The summed E-state index contributed by atoms with van der Waals surface area (Å²) in [5.74, 6) is 2.00. The van der Waals surface area contributed by atoms with E-state index in [-0.39, 0.29) is 0 Å². The summed E-state index contributed by atoms with van der Waals surface area (Å²) in [5, 5.41) is 3.67. The van der Waals surface area contributed by atoms with Crippen molar-refractivity contribution in [3.05, 3.63) is 0 Å². The number of unbranched alkanes of at least 4 members (excludes halogenated alkanes) is 1. The van der Waals surface area contributed by atoms with E-state index in [2.05, 4.69) is 26.1 Å². The Morgan fingerprint density at radius 3 is 2.48 bits per heavy atom. The van der Waals surface area contributed by atoms with Crippen molar-refractivity contribution in [1.29, 1.82) is 0 Å². The fraction of sp³-hybridized carbons (Fsp3) is 1.00. The van der Waals surface area contributed by atoms with Crippen LogP contribution in [0.2, 0.25) is 0 Å². The van der Waals surface area contributed by atoms with Gasteiger partial charge >= 0.3 is 0 Å². The van der Waals surface area contributed by atoms with Gasteiger partial charge in [0.1, 0.15) is 0 Å². The Hall–Kier alpha value is -0.0900. The van der Waals surface area contributed by atoms with Crippen molar-refractivity contribution in [2.24, 2.45) is 11.8 Å². The molecule has 3 atom stereocenters. The molecule has 0 aromatic carbocycles. The van der Waals surface area contributed by atoms with Crippen LogP contribution in [0.15, 0.2) is 0 Å². The molecule has 1 aliphatic heterocycles. The van der Waals surface area contributed by atoms with E-state index in [0.29, 0.717) is 23.5 Å². The maximum Gasteiger partial charge on any atom is 0.150 e. The van der Waals surface area contributed by atoms with E-state index >= 15 is 0 Å². The van der Waals surface area contributed by atoms with Gasteiger partial charge in [0.2, 0.25) is 0 Å². The molecule has 1 fully saturated rings. The first kappa shape index (κ1) is 19.0. The van der Waals surface area contributed by atoms with E-state index < -0.39 is 9.84 Å². The highest BCUT2D eigenvalue weighted by Gasteiger charge is 2.30. The zero-order chi connectivity index (χ0) is 15.7. The Balaban J connectivity index is 2.49. The first-order valence-corrected chi connectivity index (χ1v) is 10.8. The van der Waals surface area contributed by atoms with Crippen LogP contribution in [0.5, 0.6) is 0 Å². The summed E-state index contributed by atoms with van der Waals surface area (Å²) in [6.07, 6.45) is 9.42. The second-order valence-electron chi connectivity index (χ2n) is 6.81. The molecule has 1 N–H and O–H groups in total. The molecule has 21 heavy (non-hydrogen) atoms. The average molecular weight is 318 g/mol. The monoisotopic (exact) mass is 317 g/mol. The molecule has 3 nitrogen and oxygen atoms in total. The molecular weight excluding hydrogens is 282 g/mol. The van der Waals surface area contributed by atoms with Gasteiger partial charge in [-0.25, -0.2) is 8.42 Å². The van der Waals surface area contributed by atoms with Crippen LogP contribution in [-0.2, 0) is 9.84 Å². The molecule has 126 valence electrons. The second kappa shape index (κ2) is 9.83. The lowest BCUT2D eigenvalue weighted by Gasteiger charge is -2.26. The normalized spacial score (nSPS) is 24.0. The summed E-state index contributed by atoms with van der Waals surface area (Å²) in [7, 11) is -2.74. The molecule has 1 heterocycles.